The molecule has 3 N–H and O–H groups in total. The molecule has 0 radical (unpaired) electrons. The number of carbonyl (C=O) groups is 4. The van der Waals surface area contributed by atoms with Gasteiger partial charge in [0.15, 0.2) is 12.2 Å². The smallest absolute Gasteiger partial charge is 0.462 e. The average Bonchev–Trinajstić information content (AvgIpc) is 0.979. The SMILES string of the molecule is CCC/C=C\C/C=C\CCCCCCCC(=O)OCC(COP(=O)(O)OCC(O)COP(=O)(O)OCC(COC(=O)CCCCCCCC/C=C\C/C=C\C/C=C\CCCCC)OC(=O)CCCCCCC/C=C\C/C=C\CCC)OC(=O)CCCCCCCCCCCCCCC. The van der Waals surface area contributed by atoms with Gasteiger partial charge in [-0.15, -0.1) is 0 Å². The first kappa shape index (κ1) is 94.2. The Labute approximate surface area is 595 Å². The Hall–Kier alpha value is -3.76. The van der Waals surface area contributed by atoms with E-state index in [0.717, 1.165) is 186 Å². The van der Waals surface area contributed by atoms with Gasteiger partial charge >= 0.3 is 39.5 Å². The number of phosphoric ester groups is 2. The number of ether oxygens (including phenoxy) is 4. The van der Waals surface area contributed by atoms with Crippen molar-refractivity contribution < 1.29 is 80.2 Å². The summed E-state index contributed by atoms with van der Waals surface area (Å²) in [6.07, 6.45) is 72.8. The summed E-state index contributed by atoms with van der Waals surface area (Å²) in [4.78, 5) is 72.8. The van der Waals surface area contributed by atoms with Gasteiger partial charge in [0.1, 0.15) is 19.3 Å². The maximum atomic E-state index is 13.1. The summed E-state index contributed by atoms with van der Waals surface area (Å²) in [6.45, 7) is 4.71. The summed E-state index contributed by atoms with van der Waals surface area (Å²) >= 11 is 0. The van der Waals surface area contributed by atoms with Crippen molar-refractivity contribution in [3.05, 3.63) is 85.1 Å². The Morgan fingerprint density at radius 2 is 0.520 bits per heavy atom. The number of esters is 4. The number of carbonyl (C=O) groups excluding carboxylic acids is 4. The number of aliphatic hydroxyl groups is 1. The molecule has 0 rings (SSSR count). The van der Waals surface area contributed by atoms with Crippen molar-refractivity contribution in [3.63, 3.8) is 0 Å². The molecule has 0 saturated carbocycles. The molecule has 19 heteroatoms. The Balaban J connectivity index is 5.32. The summed E-state index contributed by atoms with van der Waals surface area (Å²) < 4.78 is 68.5. The minimum absolute atomic E-state index is 0.0767. The Kier molecular flexibility index (Phi) is 68.9. The first-order valence-electron chi connectivity index (χ1n) is 38.8. The van der Waals surface area contributed by atoms with Gasteiger partial charge in [-0.2, -0.15) is 0 Å². The summed E-state index contributed by atoms with van der Waals surface area (Å²) in [5.74, 6) is -2.20. The first-order valence-corrected chi connectivity index (χ1v) is 41.8. The van der Waals surface area contributed by atoms with Crippen molar-refractivity contribution in [2.75, 3.05) is 39.6 Å². The van der Waals surface area contributed by atoms with Gasteiger partial charge in [0.2, 0.25) is 0 Å². The molecule has 0 bridgehead atoms. The minimum atomic E-state index is -4.98. The molecule has 0 amide bonds. The fourth-order valence-electron chi connectivity index (χ4n) is 10.4. The zero-order valence-electron chi connectivity index (χ0n) is 62.0. The van der Waals surface area contributed by atoms with Gasteiger partial charge in [-0.25, -0.2) is 9.13 Å². The molecule has 0 aromatic carbocycles. The van der Waals surface area contributed by atoms with Gasteiger partial charge in [-0.1, -0.05) is 280 Å². The van der Waals surface area contributed by atoms with E-state index in [2.05, 4.69) is 113 Å². The fourth-order valence-corrected chi connectivity index (χ4v) is 11.9. The highest BCUT2D eigenvalue weighted by atomic mass is 31.2. The van der Waals surface area contributed by atoms with Gasteiger partial charge in [0.25, 0.3) is 0 Å². The van der Waals surface area contributed by atoms with Gasteiger partial charge in [0.05, 0.1) is 26.4 Å². The standard InChI is InChI=1S/C79H140O17P2/c1-5-9-13-17-21-25-29-33-34-35-36-37-38-42-44-48-52-56-60-64-77(82)90-70-75(96-79(84)66-62-58-54-50-46-41-32-28-24-20-16-12-8-4)72-94-98(87,88)92-68-73(80)67-91-97(85,86)93-71-74(95-78(83)65-61-57-53-49-45-40-31-27-23-19-15-11-7-3)69-89-76(81)63-59-55-51-47-43-39-30-26-22-18-14-10-6-2/h14,16,18,20-21,25-26,28,30,32-34,36-37,73-75,80H,5-13,15,17,19,22-24,27,29,31,35,38-72H2,1-4H3,(H,85,86)(H,87,88)/b18-14-,20-16-,25-21-,30-26-,32-28-,34-33-,37-36-. The fraction of sp³-hybridized carbons (Fsp3) is 0.772. The highest BCUT2D eigenvalue weighted by Crippen LogP contribution is 2.45. The van der Waals surface area contributed by atoms with Crippen LogP contribution < -0.4 is 0 Å². The molecule has 0 aromatic rings. The van der Waals surface area contributed by atoms with Crippen LogP contribution >= 0.6 is 15.6 Å². The van der Waals surface area contributed by atoms with E-state index in [4.69, 9.17) is 37.0 Å². The molecule has 0 spiro atoms. The average molecular weight is 1420 g/mol. The summed E-state index contributed by atoms with van der Waals surface area (Å²) in [5.41, 5.74) is 0. The van der Waals surface area contributed by atoms with E-state index in [-0.39, 0.29) is 25.7 Å². The van der Waals surface area contributed by atoms with Crippen LogP contribution in [0.25, 0.3) is 0 Å². The van der Waals surface area contributed by atoms with Gasteiger partial charge < -0.3 is 33.8 Å². The van der Waals surface area contributed by atoms with Crippen LogP contribution in [0.5, 0.6) is 0 Å². The quantitative estimate of drug-likeness (QED) is 0.0169. The van der Waals surface area contributed by atoms with Gasteiger partial charge in [-0.05, 0) is 116 Å². The first-order chi connectivity index (χ1) is 47.7. The topological polar surface area (TPSA) is 237 Å². The second-order valence-corrected chi connectivity index (χ2v) is 28.9. The van der Waals surface area contributed by atoms with Crippen molar-refractivity contribution in [2.45, 2.75) is 354 Å². The molecule has 0 aliphatic carbocycles. The molecule has 0 aromatic heterocycles. The van der Waals surface area contributed by atoms with E-state index in [1.165, 1.54) is 70.6 Å². The summed E-state index contributed by atoms with van der Waals surface area (Å²) in [6, 6.07) is 0. The monoisotopic (exact) mass is 1420 g/mol. The van der Waals surface area contributed by atoms with Crippen LogP contribution in [-0.4, -0.2) is 96.7 Å². The van der Waals surface area contributed by atoms with Gasteiger partial charge in [0, 0.05) is 25.7 Å². The van der Waals surface area contributed by atoms with E-state index >= 15 is 0 Å². The van der Waals surface area contributed by atoms with Gasteiger partial charge in [-0.3, -0.25) is 37.3 Å². The third-order valence-electron chi connectivity index (χ3n) is 16.3. The molecule has 0 aliphatic heterocycles. The lowest BCUT2D eigenvalue weighted by Crippen LogP contribution is -2.30. The molecule has 17 nitrogen and oxygen atoms in total. The van der Waals surface area contributed by atoms with E-state index in [1.807, 2.05) is 0 Å². The largest absolute Gasteiger partial charge is 0.472 e. The van der Waals surface area contributed by atoms with Crippen LogP contribution in [0.4, 0.5) is 0 Å². The van der Waals surface area contributed by atoms with Crippen molar-refractivity contribution in [1.29, 1.82) is 0 Å². The Morgan fingerprint density at radius 1 is 0.286 bits per heavy atom. The molecule has 568 valence electrons. The molecule has 5 unspecified atom stereocenters. The number of unbranched alkanes of at least 4 members (excludes halogenated alkanes) is 33. The lowest BCUT2D eigenvalue weighted by molar-refractivity contribution is -0.161. The molecule has 98 heavy (non-hydrogen) atoms. The van der Waals surface area contributed by atoms with Crippen molar-refractivity contribution in [1.82, 2.24) is 0 Å². The predicted octanol–water partition coefficient (Wildman–Crippen LogP) is 22.2. The zero-order chi connectivity index (χ0) is 71.8. The maximum absolute atomic E-state index is 13.1. The number of rotatable bonds is 73. The summed E-state index contributed by atoms with van der Waals surface area (Å²) in [7, 11) is -9.95. The summed E-state index contributed by atoms with van der Waals surface area (Å²) in [5, 5.41) is 10.6. The van der Waals surface area contributed by atoms with Crippen LogP contribution in [0.15, 0.2) is 85.1 Å². The number of phosphoric acid groups is 2. The van der Waals surface area contributed by atoms with Crippen molar-refractivity contribution >= 4 is 39.5 Å². The number of hydrogen-bond donors (Lipinski definition) is 3. The van der Waals surface area contributed by atoms with Crippen LogP contribution in [0.3, 0.4) is 0 Å². The highest BCUT2D eigenvalue weighted by molar-refractivity contribution is 7.47. The lowest BCUT2D eigenvalue weighted by Gasteiger charge is -2.21. The second kappa shape index (κ2) is 71.6. The van der Waals surface area contributed by atoms with Crippen molar-refractivity contribution in [2.24, 2.45) is 0 Å². The number of aliphatic hydroxyl groups excluding tert-OH is 1. The van der Waals surface area contributed by atoms with E-state index in [1.54, 1.807) is 0 Å². The molecule has 5 atom stereocenters. The van der Waals surface area contributed by atoms with Crippen LogP contribution in [0.2, 0.25) is 0 Å². The van der Waals surface area contributed by atoms with Crippen molar-refractivity contribution in [3.8, 4) is 0 Å². The minimum Gasteiger partial charge on any atom is -0.462 e. The van der Waals surface area contributed by atoms with Crippen LogP contribution in [0.1, 0.15) is 336 Å². The highest BCUT2D eigenvalue weighted by Gasteiger charge is 2.30. The van der Waals surface area contributed by atoms with Crippen LogP contribution in [0, 0.1) is 0 Å². The van der Waals surface area contributed by atoms with E-state index in [9.17, 15) is 43.2 Å². The molecular weight excluding hydrogens is 1280 g/mol. The van der Waals surface area contributed by atoms with Crippen LogP contribution in [-0.2, 0) is 65.4 Å². The molecular formula is C79H140O17P2. The Bertz CT molecular complexity index is 2190. The second-order valence-electron chi connectivity index (χ2n) is 25.9. The number of hydrogen-bond acceptors (Lipinski definition) is 15. The molecule has 0 saturated heterocycles. The van der Waals surface area contributed by atoms with E-state index < -0.39 is 97.5 Å². The lowest BCUT2D eigenvalue weighted by atomic mass is 10.0. The molecule has 0 aliphatic rings. The molecule has 0 heterocycles. The zero-order valence-corrected chi connectivity index (χ0v) is 63.7. The maximum Gasteiger partial charge on any atom is 0.472 e. The third-order valence-corrected chi connectivity index (χ3v) is 18.2. The normalized spacial score (nSPS) is 14.4. The predicted molar refractivity (Wildman–Crippen MR) is 399 cm³/mol. The molecule has 0 fully saturated rings. The van der Waals surface area contributed by atoms with E-state index in [0.29, 0.717) is 25.7 Å². The Morgan fingerprint density at radius 3 is 0.827 bits per heavy atom. The number of allylic oxidation sites excluding steroid dienone is 14. The third kappa shape index (κ3) is 70.7.